The fourth-order valence-electron chi connectivity index (χ4n) is 2.47. The van der Waals surface area contributed by atoms with Crippen molar-refractivity contribution in [2.75, 3.05) is 24.5 Å². The van der Waals surface area contributed by atoms with Crippen molar-refractivity contribution >= 4 is 60.7 Å². The highest BCUT2D eigenvalue weighted by Gasteiger charge is 2.30. The zero-order valence-corrected chi connectivity index (χ0v) is 16.4. The van der Waals surface area contributed by atoms with E-state index in [4.69, 9.17) is 0 Å². The Kier molecular flexibility index (Phi) is 4.89. The average Bonchev–Trinajstić information content (AvgIpc) is 2.86. The maximum absolute atomic E-state index is 12.6. The number of aryl methyl sites for hydroxylation is 1. The van der Waals surface area contributed by atoms with Gasteiger partial charge in [-0.25, -0.2) is 0 Å². The number of benzene rings is 1. The molecule has 1 aliphatic rings. The minimum absolute atomic E-state index is 0.0554. The van der Waals surface area contributed by atoms with Gasteiger partial charge in [-0.15, -0.1) is 11.3 Å². The van der Waals surface area contributed by atoms with Crippen LogP contribution in [0.15, 0.2) is 38.6 Å². The molecule has 0 N–H and O–H groups in total. The van der Waals surface area contributed by atoms with Crippen LogP contribution in [0, 0.1) is 6.92 Å². The molecule has 3 rings (SSSR count). The fourth-order valence-corrected chi connectivity index (χ4v) is 5.03. The molecule has 1 aromatic carbocycles. The maximum Gasteiger partial charge on any atom is 0.265 e. The lowest BCUT2D eigenvalue weighted by atomic mass is 10.2. The van der Waals surface area contributed by atoms with Gasteiger partial charge in [0.1, 0.15) is 11.4 Å². The fraction of sp³-hybridized carbons (Fsp3) is 0.250. The van der Waals surface area contributed by atoms with E-state index in [1.54, 1.807) is 9.80 Å². The van der Waals surface area contributed by atoms with Crippen LogP contribution in [0.25, 0.3) is 0 Å². The van der Waals surface area contributed by atoms with Gasteiger partial charge >= 0.3 is 0 Å². The molecular weight excluding hydrogens is 444 g/mol. The summed E-state index contributed by atoms with van der Waals surface area (Å²) in [6.07, 6.45) is 0. The molecule has 1 fully saturated rings. The van der Waals surface area contributed by atoms with Crippen LogP contribution in [-0.4, -0.2) is 36.3 Å². The number of anilines is 1. The van der Waals surface area contributed by atoms with Gasteiger partial charge in [-0.1, -0.05) is 17.7 Å². The van der Waals surface area contributed by atoms with Gasteiger partial charge in [-0.3, -0.25) is 9.59 Å². The van der Waals surface area contributed by atoms with Crippen molar-refractivity contribution < 1.29 is 9.59 Å². The summed E-state index contributed by atoms with van der Waals surface area (Å²) in [5, 5.41) is 0. The van der Waals surface area contributed by atoms with Crippen molar-refractivity contribution in [3.63, 3.8) is 0 Å². The molecule has 4 nitrogen and oxygen atoms in total. The molecule has 23 heavy (non-hydrogen) atoms. The maximum atomic E-state index is 12.6. The molecule has 1 aliphatic heterocycles. The Labute approximate surface area is 155 Å². The predicted molar refractivity (Wildman–Crippen MR) is 99.2 cm³/mol. The first-order valence-corrected chi connectivity index (χ1v) is 9.47. The van der Waals surface area contributed by atoms with Crippen LogP contribution < -0.4 is 4.90 Å². The van der Waals surface area contributed by atoms with Gasteiger partial charge in [-0.2, -0.15) is 0 Å². The Morgan fingerprint density at radius 3 is 2.43 bits per heavy atom. The Balaban J connectivity index is 1.73. The summed E-state index contributed by atoms with van der Waals surface area (Å²) in [5.41, 5.74) is 2.04. The van der Waals surface area contributed by atoms with Crippen LogP contribution in [-0.2, 0) is 4.79 Å². The number of halogens is 2. The Morgan fingerprint density at radius 2 is 1.87 bits per heavy atom. The first-order valence-electron chi connectivity index (χ1n) is 7.07. The second kappa shape index (κ2) is 6.75. The zero-order valence-electron chi connectivity index (χ0n) is 12.4. The number of nitrogens with zero attached hydrogens (tertiary/aromatic N) is 2. The quantitative estimate of drug-likeness (QED) is 0.681. The minimum Gasteiger partial charge on any atom is -0.327 e. The van der Waals surface area contributed by atoms with Gasteiger partial charge in [-0.05, 0) is 57.0 Å². The number of carbonyl (C=O) groups excluding carboxylic acids is 2. The average molecular weight is 458 g/mol. The molecule has 0 bridgehead atoms. The summed E-state index contributed by atoms with van der Waals surface area (Å²) >= 11 is 8.14. The molecular formula is C16H14Br2N2O2S. The monoisotopic (exact) mass is 456 g/mol. The number of amides is 2. The van der Waals surface area contributed by atoms with E-state index >= 15 is 0 Å². The molecule has 0 atom stereocenters. The third-order valence-corrected chi connectivity index (χ3v) is 6.22. The molecule has 2 aromatic rings. The standard InChI is InChI=1S/C16H14Br2N2O2S/c1-10-2-4-11(5-3-10)20-7-6-19(9-14(20)21)16(22)15-12(17)8-13(18)23-15/h2-5,8H,6-7,9H2,1H3. The molecule has 0 radical (unpaired) electrons. The van der Waals surface area contributed by atoms with Gasteiger partial charge in [0.05, 0.1) is 3.79 Å². The largest absolute Gasteiger partial charge is 0.327 e. The smallest absolute Gasteiger partial charge is 0.265 e. The Morgan fingerprint density at radius 1 is 1.17 bits per heavy atom. The molecule has 0 unspecified atom stereocenters. The van der Waals surface area contributed by atoms with E-state index in [0.717, 1.165) is 19.5 Å². The third-order valence-electron chi connectivity index (χ3n) is 3.70. The molecule has 0 aliphatic carbocycles. The summed E-state index contributed by atoms with van der Waals surface area (Å²) in [6.45, 7) is 3.16. The summed E-state index contributed by atoms with van der Waals surface area (Å²) in [6, 6.07) is 9.71. The normalized spacial score (nSPS) is 15.2. The number of thiophene rings is 1. The van der Waals surface area contributed by atoms with Crippen molar-refractivity contribution in [3.8, 4) is 0 Å². The molecule has 0 saturated carbocycles. The van der Waals surface area contributed by atoms with Crippen LogP contribution in [0.4, 0.5) is 5.69 Å². The van der Waals surface area contributed by atoms with Gasteiger partial charge in [0.25, 0.3) is 5.91 Å². The van der Waals surface area contributed by atoms with Gasteiger partial charge in [0, 0.05) is 23.2 Å². The number of hydrogen-bond acceptors (Lipinski definition) is 3. The first kappa shape index (κ1) is 16.7. The van der Waals surface area contributed by atoms with Crippen molar-refractivity contribution in [1.29, 1.82) is 0 Å². The SMILES string of the molecule is Cc1ccc(N2CCN(C(=O)c3sc(Br)cc3Br)CC2=O)cc1. The van der Waals surface area contributed by atoms with Crippen molar-refractivity contribution in [2.24, 2.45) is 0 Å². The zero-order chi connectivity index (χ0) is 16.6. The van der Waals surface area contributed by atoms with E-state index in [9.17, 15) is 9.59 Å². The summed E-state index contributed by atoms with van der Waals surface area (Å²) in [7, 11) is 0. The topological polar surface area (TPSA) is 40.6 Å². The molecule has 2 heterocycles. The molecule has 120 valence electrons. The summed E-state index contributed by atoms with van der Waals surface area (Å²) in [4.78, 5) is 29.0. The van der Waals surface area contributed by atoms with Gasteiger partial charge in [0.2, 0.25) is 5.91 Å². The van der Waals surface area contributed by atoms with Gasteiger partial charge < -0.3 is 9.80 Å². The Bertz CT molecular complexity index is 758. The van der Waals surface area contributed by atoms with Crippen LogP contribution >= 0.6 is 43.2 Å². The molecule has 7 heteroatoms. The van der Waals surface area contributed by atoms with E-state index < -0.39 is 0 Å². The molecule has 0 spiro atoms. The van der Waals surface area contributed by atoms with Gasteiger partial charge in [0.15, 0.2) is 0 Å². The van der Waals surface area contributed by atoms with Crippen LogP contribution in [0.2, 0.25) is 0 Å². The van der Waals surface area contributed by atoms with Crippen LogP contribution in [0.1, 0.15) is 15.2 Å². The van der Waals surface area contributed by atoms with E-state index in [2.05, 4.69) is 31.9 Å². The molecule has 1 aromatic heterocycles. The van der Waals surface area contributed by atoms with E-state index in [-0.39, 0.29) is 18.4 Å². The van der Waals surface area contributed by atoms with Crippen molar-refractivity contribution in [2.45, 2.75) is 6.92 Å². The van der Waals surface area contributed by atoms with Crippen LogP contribution in [0.5, 0.6) is 0 Å². The lowest BCUT2D eigenvalue weighted by Gasteiger charge is -2.34. The Hall–Kier alpha value is -1.18. The predicted octanol–water partition coefficient (Wildman–Crippen LogP) is 4.07. The number of carbonyl (C=O) groups is 2. The van der Waals surface area contributed by atoms with E-state index in [1.165, 1.54) is 11.3 Å². The number of hydrogen-bond donors (Lipinski definition) is 0. The lowest BCUT2D eigenvalue weighted by Crippen LogP contribution is -2.52. The highest BCUT2D eigenvalue weighted by atomic mass is 79.9. The molecule has 2 amide bonds. The third kappa shape index (κ3) is 3.51. The molecule has 1 saturated heterocycles. The van der Waals surface area contributed by atoms with Crippen LogP contribution in [0.3, 0.4) is 0 Å². The number of piperazine rings is 1. The second-order valence-electron chi connectivity index (χ2n) is 5.34. The minimum atomic E-state index is -0.107. The number of rotatable bonds is 2. The highest BCUT2D eigenvalue weighted by molar-refractivity contribution is 9.11. The lowest BCUT2D eigenvalue weighted by molar-refractivity contribution is -0.120. The summed E-state index contributed by atoms with van der Waals surface area (Å²) < 4.78 is 1.64. The van der Waals surface area contributed by atoms with E-state index in [1.807, 2.05) is 37.3 Å². The van der Waals surface area contributed by atoms with Crippen molar-refractivity contribution in [1.82, 2.24) is 4.90 Å². The van der Waals surface area contributed by atoms with E-state index in [0.29, 0.717) is 18.0 Å². The van der Waals surface area contributed by atoms with Crippen molar-refractivity contribution in [3.05, 3.63) is 49.0 Å². The summed E-state index contributed by atoms with van der Waals surface area (Å²) in [5.74, 6) is -0.162. The first-order chi connectivity index (χ1) is 11.0. The highest BCUT2D eigenvalue weighted by Crippen LogP contribution is 2.32. The second-order valence-corrected chi connectivity index (χ2v) is 8.62.